The quantitative estimate of drug-likeness (QED) is 0.938. The molecule has 1 aliphatic rings. The highest BCUT2D eigenvalue weighted by atomic mass is 16.6. The van der Waals surface area contributed by atoms with Crippen molar-refractivity contribution in [3.8, 4) is 0 Å². The second kappa shape index (κ2) is 5.78. The first-order valence-corrected chi connectivity index (χ1v) is 6.89. The maximum Gasteiger partial charge on any atom is 0.414 e. The average molecular weight is 284 g/mol. The Bertz CT molecular complexity index is 645. The summed E-state index contributed by atoms with van der Waals surface area (Å²) in [6.07, 6.45) is 3.90. The standard InChI is InChI=1S/C15H16N4O2/c1-2-21-15(20)19-9-6-11-10-12(4-5-13(11)19)18-14-16-7-3-8-17-14/h3-5,7-8,10H,2,6,9H2,1H3,(H,16,17,18). The van der Waals surface area contributed by atoms with E-state index < -0.39 is 0 Å². The van der Waals surface area contributed by atoms with Crippen molar-refractivity contribution in [3.05, 3.63) is 42.2 Å². The number of nitrogens with zero attached hydrogens (tertiary/aromatic N) is 3. The van der Waals surface area contributed by atoms with Crippen LogP contribution in [0, 0.1) is 0 Å². The lowest BCUT2D eigenvalue weighted by Crippen LogP contribution is -2.29. The lowest BCUT2D eigenvalue weighted by atomic mass is 10.1. The Labute approximate surface area is 122 Å². The molecule has 6 heteroatoms. The van der Waals surface area contributed by atoms with Crippen molar-refractivity contribution >= 4 is 23.4 Å². The molecule has 0 saturated carbocycles. The number of benzene rings is 1. The van der Waals surface area contributed by atoms with Crippen molar-refractivity contribution in [2.24, 2.45) is 0 Å². The molecule has 2 aromatic rings. The van der Waals surface area contributed by atoms with Crippen LogP contribution in [0.2, 0.25) is 0 Å². The van der Waals surface area contributed by atoms with Gasteiger partial charge in [0.05, 0.1) is 12.3 Å². The van der Waals surface area contributed by atoms with Gasteiger partial charge in [-0.25, -0.2) is 14.8 Å². The molecule has 2 heterocycles. The van der Waals surface area contributed by atoms with Gasteiger partial charge < -0.3 is 10.1 Å². The average Bonchev–Trinajstić information content (AvgIpc) is 2.92. The van der Waals surface area contributed by atoms with Crippen molar-refractivity contribution in [1.82, 2.24) is 9.97 Å². The Kier molecular flexibility index (Phi) is 3.68. The van der Waals surface area contributed by atoms with E-state index >= 15 is 0 Å². The number of nitrogens with one attached hydrogen (secondary N) is 1. The molecular weight excluding hydrogens is 268 g/mol. The van der Waals surface area contributed by atoms with Crippen molar-refractivity contribution in [2.45, 2.75) is 13.3 Å². The van der Waals surface area contributed by atoms with Gasteiger partial charge in [-0.2, -0.15) is 0 Å². The summed E-state index contributed by atoms with van der Waals surface area (Å²) in [6.45, 7) is 2.84. The molecule has 108 valence electrons. The minimum Gasteiger partial charge on any atom is -0.449 e. The van der Waals surface area contributed by atoms with Crippen LogP contribution in [0.4, 0.5) is 22.1 Å². The minimum atomic E-state index is -0.289. The molecule has 1 N–H and O–H groups in total. The first kappa shape index (κ1) is 13.4. The molecular formula is C15H16N4O2. The Hall–Kier alpha value is -2.63. The Balaban J connectivity index is 1.79. The number of amides is 1. The number of hydrogen-bond acceptors (Lipinski definition) is 5. The van der Waals surface area contributed by atoms with E-state index in [4.69, 9.17) is 4.74 Å². The van der Waals surface area contributed by atoms with Gasteiger partial charge in [-0.15, -0.1) is 0 Å². The highest BCUT2D eigenvalue weighted by Crippen LogP contribution is 2.31. The van der Waals surface area contributed by atoms with Gasteiger partial charge in [0.2, 0.25) is 5.95 Å². The molecule has 0 radical (unpaired) electrons. The summed E-state index contributed by atoms with van der Waals surface area (Å²) >= 11 is 0. The third kappa shape index (κ3) is 2.79. The second-order valence-electron chi connectivity index (χ2n) is 4.64. The van der Waals surface area contributed by atoms with Crippen molar-refractivity contribution in [1.29, 1.82) is 0 Å². The minimum absolute atomic E-state index is 0.289. The summed E-state index contributed by atoms with van der Waals surface area (Å²) in [4.78, 5) is 21.8. The third-order valence-electron chi connectivity index (χ3n) is 3.29. The zero-order valence-corrected chi connectivity index (χ0v) is 11.7. The summed E-state index contributed by atoms with van der Waals surface area (Å²) in [7, 11) is 0. The summed E-state index contributed by atoms with van der Waals surface area (Å²) in [6, 6.07) is 7.62. The van der Waals surface area contributed by atoms with E-state index in [1.807, 2.05) is 25.1 Å². The van der Waals surface area contributed by atoms with Crippen LogP contribution in [-0.4, -0.2) is 29.2 Å². The Morgan fingerprint density at radius 1 is 1.38 bits per heavy atom. The van der Waals surface area contributed by atoms with Gasteiger partial charge in [0.15, 0.2) is 0 Å². The normalized spacial score (nSPS) is 12.9. The molecule has 0 fully saturated rings. The van der Waals surface area contributed by atoms with Crippen LogP contribution in [0.3, 0.4) is 0 Å². The smallest absolute Gasteiger partial charge is 0.414 e. The van der Waals surface area contributed by atoms with Crippen LogP contribution in [0.1, 0.15) is 12.5 Å². The topological polar surface area (TPSA) is 67.3 Å². The van der Waals surface area contributed by atoms with E-state index in [1.165, 1.54) is 0 Å². The van der Waals surface area contributed by atoms with Crippen LogP contribution in [0.25, 0.3) is 0 Å². The SMILES string of the molecule is CCOC(=O)N1CCc2cc(Nc3ncccn3)ccc21. The molecule has 0 aliphatic carbocycles. The van der Waals surface area contributed by atoms with Gasteiger partial charge in [-0.1, -0.05) is 0 Å². The van der Waals surface area contributed by atoms with Crippen molar-refractivity contribution < 1.29 is 9.53 Å². The Morgan fingerprint density at radius 2 is 2.19 bits per heavy atom. The molecule has 1 aromatic carbocycles. The van der Waals surface area contributed by atoms with Crippen LogP contribution < -0.4 is 10.2 Å². The van der Waals surface area contributed by atoms with Gasteiger partial charge in [0, 0.05) is 24.6 Å². The number of aromatic nitrogens is 2. The number of carbonyl (C=O) groups excluding carboxylic acids is 1. The maximum absolute atomic E-state index is 11.9. The van der Waals surface area contributed by atoms with Crippen molar-refractivity contribution in [2.75, 3.05) is 23.4 Å². The lowest BCUT2D eigenvalue weighted by molar-refractivity contribution is 0.160. The fraction of sp³-hybridized carbons (Fsp3) is 0.267. The number of carbonyl (C=O) groups is 1. The van der Waals surface area contributed by atoms with Crippen LogP contribution in [-0.2, 0) is 11.2 Å². The molecule has 1 aromatic heterocycles. The summed E-state index contributed by atoms with van der Waals surface area (Å²) in [5.41, 5.74) is 2.93. The maximum atomic E-state index is 11.9. The molecule has 0 atom stereocenters. The highest BCUT2D eigenvalue weighted by Gasteiger charge is 2.25. The molecule has 0 unspecified atom stereocenters. The van der Waals surface area contributed by atoms with Crippen LogP contribution >= 0.6 is 0 Å². The number of fused-ring (bicyclic) bond motifs is 1. The fourth-order valence-electron chi connectivity index (χ4n) is 2.36. The van der Waals surface area contributed by atoms with E-state index in [1.54, 1.807) is 23.4 Å². The number of ether oxygens (including phenoxy) is 1. The van der Waals surface area contributed by atoms with E-state index in [2.05, 4.69) is 15.3 Å². The Morgan fingerprint density at radius 3 is 2.95 bits per heavy atom. The molecule has 0 saturated heterocycles. The highest BCUT2D eigenvalue weighted by molar-refractivity contribution is 5.90. The summed E-state index contributed by atoms with van der Waals surface area (Å²) < 4.78 is 5.06. The van der Waals surface area contributed by atoms with E-state index in [0.29, 0.717) is 19.1 Å². The zero-order chi connectivity index (χ0) is 14.7. The predicted octanol–water partition coefficient (Wildman–Crippen LogP) is 2.74. The molecule has 3 rings (SSSR count). The molecule has 0 spiro atoms. The third-order valence-corrected chi connectivity index (χ3v) is 3.29. The summed E-state index contributed by atoms with van der Waals surface area (Å²) in [5.74, 6) is 0.553. The number of rotatable bonds is 3. The number of anilines is 3. The number of hydrogen-bond donors (Lipinski definition) is 1. The largest absolute Gasteiger partial charge is 0.449 e. The molecule has 0 bridgehead atoms. The van der Waals surface area contributed by atoms with Gasteiger partial charge in [-0.05, 0) is 43.2 Å². The van der Waals surface area contributed by atoms with Gasteiger partial charge in [0.25, 0.3) is 0 Å². The van der Waals surface area contributed by atoms with Gasteiger partial charge >= 0.3 is 6.09 Å². The molecule has 6 nitrogen and oxygen atoms in total. The van der Waals surface area contributed by atoms with Crippen LogP contribution in [0.5, 0.6) is 0 Å². The van der Waals surface area contributed by atoms with Crippen LogP contribution in [0.15, 0.2) is 36.7 Å². The van der Waals surface area contributed by atoms with E-state index in [9.17, 15) is 4.79 Å². The van der Waals surface area contributed by atoms with Gasteiger partial charge in [-0.3, -0.25) is 4.90 Å². The van der Waals surface area contributed by atoms with Crippen molar-refractivity contribution in [3.63, 3.8) is 0 Å². The summed E-state index contributed by atoms with van der Waals surface area (Å²) in [5, 5.41) is 3.15. The zero-order valence-electron chi connectivity index (χ0n) is 11.7. The fourth-order valence-corrected chi connectivity index (χ4v) is 2.36. The first-order chi connectivity index (χ1) is 10.3. The lowest BCUT2D eigenvalue weighted by Gasteiger charge is -2.16. The molecule has 21 heavy (non-hydrogen) atoms. The molecule has 1 amide bonds. The van der Waals surface area contributed by atoms with E-state index in [-0.39, 0.29) is 6.09 Å². The monoisotopic (exact) mass is 284 g/mol. The van der Waals surface area contributed by atoms with Gasteiger partial charge in [0.1, 0.15) is 0 Å². The molecule has 1 aliphatic heterocycles. The second-order valence-corrected chi connectivity index (χ2v) is 4.64. The first-order valence-electron chi connectivity index (χ1n) is 6.89. The predicted molar refractivity (Wildman–Crippen MR) is 79.8 cm³/mol. The van der Waals surface area contributed by atoms with E-state index in [0.717, 1.165) is 23.4 Å².